The van der Waals surface area contributed by atoms with Gasteiger partial charge in [0.1, 0.15) is 0 Å². The molecule has 0 amide bonds. The van der Waals surface area contributed by atoms with E-state index < -0.39 is 0 Å². The SMILES string of the molecule is C=C(CC)c1ccc(CN(SCCCN2CCN(SC)CC2)c2ccccc2)cc1.CC. The summed E-state index contributed by atoms with van der Waals surface area (Å²) in [5, 5.41) is 0. The molecule has 0 bridgehead atoms. The predicted molar refractivity (Wildman–Crippen MR) is 148 cm³/mol. The Morgan fingerprint density at radius 2 is 1.62 bits per heavy atom. The van der Waals surface area contributed by atoms with Crippen molar-refractivity contribution in [3.05, 3.63) is 72.3 Å². The molecule has 176 valence electrons. The van der Waals surface area contributed by atoms with E-state index in [0.29, 0.717) is 0 Å². The normalized spacial score (nSPS) is 14.5. The zero-order valence-corrected chi connectivity index (χ0v) is 22.1. The Morgan fingerprint density at radius 1 is 0.969 bits per heavy atom. The van der Waals surface area contributed by atoms with Gasteiger partial charge in [0, 0.05) is 37.6 Å². The summed E-state index contributed by atoms with van der Waals surface area (Å²) < 4.78 is 4.90. The second kappa shape index (κ2) is 15.4. The lowest BCUT2D eigenvalue weighted by Gasteiger charge is -2.33. The third-order valence-corrected chi connectivity index (χ3v) is 7.62. The zero-order chi connectivity index (χ0) is 23.2. The molecule has 0 N–H and O–H groups in total. The van der Waals surface area contributed by atoms with E-state index in [1.54, 1.807) is 0 Å². The maximum Gasteiger partial charge on any atom is 0.0546 e. The highest BCUT2D eigenvalue weighted by molar-refractivity contribution is 8.00. The van der Waals surface area contributed by atoms with E-state index in [9.17, 15) is 0 Å². The Kier molecular flexibility index (Phi) is 13.0. The van der Waals surface area contributed by atoms with Crippen molar-refractivity contribution in [2.45, 2.75) is 40.2 Å². The lowest BCUT2D eigenvalue weighted by molar-refractivity contribution is 0.197. The van der Waals surface area contributed by atoms with Crippen molar-refractivity contribution in [3.63, 3.8) is 0 Å². The highest BCUT2D eigenvalue weighted by Gasteiger charge is 2.16. The first-order valence-electron chi connectivity index (χ1n) is 11.9. The largest absolute Gasteiger partial charge is 0.312 e. The monoisotopic (exact) mass is 471 g/mol. The lowest BCUT2D eigenvalue weighted by atomic mass is 10.0. The summed E-state index contributed by atoms with van der Waals surface area (Å²) in [5.41, 5.74) is 5.07. The number of benzene rings is 2. The smallest absolute Gasteiger partial charge is 0.0546 e. The number of para-hydroxylation sites is 1. The quantitative estimate of drug-likeness (QED) is 0.255. The predicted octanol–water partition coefficient (Wildman–Crippen LogP) is 7.08. The average Bonchev–Trinajstić information content (AvgIpc) is 2.88. The number of hydrogen-bond acceptors (Lipinski definition) is 5. The number of piperazine rings is 1. The molecule has 0 unspecified atom stereocenters. The van der Waals surface area contributed by atoms with Gasteiger partial charge in [0.25, 0.3) is 0 Å². The minimum absolute atomic E-state index is 0.917. The van der Waals surface area contributed by atoms with E-state index in [4.69, 9.17) is 0 Å². The second-order valence-corrected chi connectivity index (χ2v) is 9.65. The Bertz CT molecular complexity index is 756. The van der Waals surface area contributed by atoms with E-state index in [2.05, 4.69) is 87.9 Å². The van der Waals surface area contributed by atoms with Crippen LogP contribution in [0.2, 0.25) is 0 Å². The van der Waals surface area contributed by atoms with Crippen LogP contribution in [0.1, 0.15) is 44.7 Å². The molecule has 0 radical (unpaired) electrons. The molecule has 0 aromatic heterocycles. The molecule has 1 heterocycles. The summed E-state index contributed by atoms with van der Waals surface area (Å²) in [6.07, 6.45) is 4.40. The van der Waals surface area contributed by atoms with Crippen LogP contribution < -0.4 is 4.31 Å². The van der Waals surface area contributed by atoms with Crippen LogP contribution in [-0.4, -0.2) is 53.9 Å². The standard InChI is InChI=1S/C25H35N3S2.C2H6/c1-4-22(2)24-13-11-23(12-14-24)21-28(25-9-6-5-7-10-25)30-20-8-15-26-16-18-27(29-3)19-17-26;1-2/h5-7,9-14H,2,4,8,15-21H2,1,3H3;1-2H3. The summed E-state index contributed by atoms with van der Waals surface area (Å²) in [5.74, 6) is 1.14. The van der Waals surface area contributed by atoms with Gasteiger partial charge in [-0.1, -0.05) is 81.8 Å². The van der Waals surface area contributed by atoms with E-state index in [-0.39, 0.29) is 0 Å². The molecule has 2 aromatic carbocycles. The molecule has 0 spiro atoms. The van der Waals surface area contributed by atoms with Gasteiger partial charge in [0.2, 0.25) is 0 Å². The van der Waals surface area contributed by atoms with E-state index >= 15 is 0 Å². The maximum absolute atomic E-state index is 4.16. The first-order valence-corrected chi connectivity index (χ1v) is 14.1. The first-order chi connectivity index (χ1) is 15.7. The van der Waals surface area contributed by atoms with Gasteiger partial charge in [-0.25, -0.2) is 4.31 Å². The number of hydrogen-bond donors (Lipinski definition) is 0. The van der Waals surface area contributed by atoms with E-state index in [1.807, 2.05) is 37.7 Å². The fourth-order valence-corrected chi connectivity index (χ4v) is 5.14. The van der Waals surface area contributed by atoms with Crippen LogP contribution in [0.5, 0.6) is 0 Å². The molecule has 5 heteroatoms. The molecule has 0 saturated carbocycles. The summed E-state index contributed by atoms with van der Waals surface area (Å²) in [4.78, 5) is 2.61. The van der Waals surface area contributed by atoms with Gasteiger partial charge in [0.05, 0.1) is 6.54 Å². The van der Waals surface area contributed by atoms with Crippen molar-refractivity contribution in [2.75, 3.05) is 49.0 Å². The van der Waals surface area contributed by atoms with Crippen LogP contribution in [0, 0.1) is 0 Å². The van der Waals surface area contributed by atoms with Gasteiger partial charge in [-0.05, 0) is 66.4 Å². The summed E-state index contributed by atoms with van der Waals surface area (Å²) >= 11 is 3.83. The fourth-order valence-electron chi connectivity index (χ4n) is 3.62. The van der Waals surface area contributed by atoms with Crippen molar-refractivity contribution in [2.24, 2.45) is 0 Å². The van der Waals surface area contributed by atoms with Gasteiger partial charge < -0.3 is 9.21 Å². The van der Waals surface area contributed by atoms with Gasteiger partial charge in [0.15, 0.2) is 0 Å². The maximum atomic E-state index is 4.16. The average molecular weight is 472 g/mol. The lowest BCUT2D eigenvalue weighted by Crippen LogP contribution is -2.43. The van der Waals surface area contributed by atoms with Crippen LogP contribution >= 0.6 is 23.9 Å². The number of anilines is 1. The molecule has 2 aromatic rings. The van der Waals surface area contributed by atoms with Gasteiger partial charge in [-0.3, -0.25) is 0 Å². The highest BCUT2D eigenvalue weighted by Crippen LogP contribution is 2.26. The summed E-state index contributed by atoms with van der Waals surface area (Å²) in [7, 11) is 0. The minimum Gasteiger partial charge on any atom is -0.312 e. The van der Waals surface area contributed by atoms with Crippen LogP contribution in [0.3, 0.4) is 0 Å². The number of allylic oxidation sites excluding steroid dienone is 1. The van der Waals surface area contributed by atoms with Crippen LogP contribution in [-0.2, 0) is 6.54 Å². The van der Waals surface area contributed by atoms with Gasteiger partial charge >= 0.3 is 0 Å². The highest BCUT2D eigenvalue weighted by atomic mass is 32.2. The molecular weight excluding hydrogens is 430 g/mol. The van der Waals surface area contributed by atoms with Crippen molar-refractivity contribution < 1.29 is 0 Å². The number of nitrogens with zero attached hydrogens (tertiary/aromatic N) is 3. The molecule has 1 saturated heterocycles. The molecule has 0 aliphatic carbocycles. The van der Waals surface area contributed by atoms with E-state index in [1.165, 1.54) is 61.5 Å². The molecule has 3 rings (SSSR count). The topological polar surface area (TPSA) is 9.72 Å². The number of rotatable bonds is 11. The van der Waals surface area contributed by atoms with Crippen LogP contribution in [0.4, 0.5) is 5.69 Å². The Labute approximate surface area is 205 Å². The molecule has 32 heavy (non-hydrogen) atoms. The first kappa shape index (κ1) is 26.8. The van der Waals surface area contributed by atoms with Crippen molar-refractivity contribution in [1.29, 1.82) is 0 Å². The third kappa shape index (κ3) is 8.86. The molecule has 0 atom stereocenters. The van der Waals surface area contributed by atoms with Gasteiger partial charge in [-0.15, -0.1) is 0 Å². The fraction of sp³-hybridized carbons (Fsp3) is 0.481. The summed E-state index contributed by atoms with van der Waals surface area (Å²) in [6, 6.07) is 19.7. The van der Waals surface area contributed by atoms with Crippen molar-refractivity contribution in [3.8, 4) is 0 Å². The van der Waals surface area contributed by atoms with E-state index in [0.717, 1.165) is 18.7 Å². The Hall–Kier alpha value is -1.40. The van der Waals surface area contributed by atoms with Crippen LogP contribution in [0.25, 0.3) is 5.57 Å². The Morgan fingerprint density at radius 3 is 2.22 bits per heavy atom. The molecular formula is C27H41N3S2. The second-order valence-electron chi connectivity index (χ2n) is 7.67. The molecule has 3 nitrogen and oxygen atoms in total. The third-order valence-electron chi connectivity index (χ3n) is 5.61. The van der Waals surface area contributed by atoms with Crippen molar-refractivity contribution in [1.82, 2.24) is 9.21 Å². The summed E-state index contributed by atoms with van der Waals surface area (Å²) in [6.45, 7) is 17.2. The molecule has 1 fully saturated rings. The molecule has 1 aliphatic rings. The minimum atomic E-state index is 0.917. The molecule has 1 aliphatic heterocycles. The Balaban J connectivity index is 0.00000176. The van der Waals surface area contributed by atoms with Crippen molar-refractivity contribution >= 4 is 35.2 Å². The zero-order valence-electron chi connectivity index (χ0n) is 20.4. The van der Waals surface area contributed by atoms with Crippen LogP contribution in [0.15, 0.2) is 61.2 Å². The van der Waals surface area contributed by atoms with Gasteiger partial charge in [-0.2, -0.15) is 0 Å².